The third-order valence-electron chi connectivity index (χ3n) is 6.68. The van der Waals surface area contributed by atoms with Crippen LogP contribution in [-0.2, 0) is 24.1 Å². The summed E-state index contributed by atoms with van der Waals surface area (Å²) in [7, 11) is 0. The summed E-state index contributed by atoms with van der Waals surface area (Å²) in [6.07, 6.45) is 4.99. The summed E-state index contributed by atoms with van der Waals surface area (Å²) in [6, 6.07) is 9.89. The van der Waals surface area contributed by atoms with Crippen molar-refractivity contribution in [2.24, 2.45) is 0 Å². The molecule has 7 nitrogen and oxygen atoms in total. The second-order valence-electron chi connectivity index (χ2n) is 9.06. The third-order valence-corrected chi connectivity index (χ3v) is 6.68. The van der Waals surface area contributed by atoms with E-state index in [0.717, 1.165) is 12.8 Å². The molecule has 1 amide bonds. The first kappa shape index (κ1) is 21.6. The minimum atomic E-state index is -0.307. The Balaban J connectivity index is 1.50. The topological polar surface area (TPSA) is 73.7 Å². The van der Waals surface area contributed by atoms with Crippen molar-refractivity contribution in [3.63, 3.8) is 0 Å². The molecule has 1 unspecified atom stereocenters. The Hall–Kier alpha value is -3.19. The summed E-state index contributed by atoms with van der Waals surface area (Å²) in [5, 5.41) is 0.407. The first-order valence-electron chi connectivity index (χ1n) is 11.6. The van der Waals surface area contributed by atoms with Crippen LogP contribution in [0.25, 0.3) is 11.0 Å². The minimum absolute atomic E-state index is 0.00918. The number of pyridine rings is 2. The number of carbonyl (C=O) groups is 1. The highest BCUT2D eigenvalue weighted by atomic mass is 16.5. The van der Waals surface area contributed by atoms with E-state index >= 15 is 0 Å². The molecule has 0 saturated carbocycles. The number of benzene rings is 1. The van der Waals surface area contributed by atoms with Crippen LogP contribution in [0.2, 0.25) is 0 Å². The molecule has 1 aliphatic heterocycles. The van der Waals surface area contributed by atoms with Gasteiger partial charge in [0.2, 0.25) is 5.43 Å². The minimum Gasteiger partial charge on any atom is -0.488 e. The van der Waals surface area contributed by atoms with Gasteiger partial charge in [-0.15, -0.1) is 0 Å². The molecule has 2 atom stereocenters. The lowest BCUT2D eigenvalue weighted by Gasteiger charge is -2.38. The van der Waals surface area contributed by atoms with Gasteiger partial charge >= 0.3 is 0 Å². The molecule has 3 heterocycles. The van der Waals surface area contributed by atoms with Crippen LogP contribution in [-0.4, -0.2) is 51.8 Å². The largest absolute Gasteiger partial charge is 0.488 e. The van der Waals surface area contributed by atoms with Gasteiger partial charge in [0.05, 0.1) is 36.9 Å². The zero-order valence-electron chi connectivity index (χ0n) is 19.3. The Morgan fingerprint density at radius 1 is 1.15 bits per heavy atom. The standard InChI is InChI=1S/C26H29N3O4/c1-4-28-13-23(26(31)29-16(2)14-32-15-17(29)3)24(30)22-11-21(12-27-25(22)28)33-20-9-18-7-5-6-8-19(18)10-20/h5-8,11-13,16-17,20H,4,9-10,14-15H2,1-3H3/t16-,17?/m1/s1. The molecule has 1 saturated heterocycles. The van der Waals surface area contributed by atoms with Crippen LogP contribution in [0.4, 0.5) is 0 Å². The van der Waals surface area contributed by atoms with Gasteiger partial charge < -0.3 is 18.9 Å². The molecule has 1 fully saturated rings. The molecule has 3 aromatic rings. The number of nitrogens with zero attached hydrogens (tertiary/aromatic N) is 3. The lowest BCUT2D eigenvalue weighted by Crippen LogP contribution is -2.53. The Bertz CT molecular complexity index is 1230. The molecular formula is C26H29N3O4. The SMILES string of the molecule is CCn1cc(C(=O)N2C(C)COC[C@H]2C)c(=O)c2cc(OC3Cc4ccccc4C3)cnc21. The number of aromatic nitrogens is 2. The number of morpholine rings is 1. The molecule has 5 rings (SSSR count). The van der Waals surface area contributed by atoms with E-state index in [-0.39, 0.29) is 35.1 Å². The molecule has 1 aromatic carbocycles. The second-order valence-corrected chi connectivity index (χ2v) is 9.06. The molecule has 0 bridgehead atoms. The molecule has 172 valence electrons. The number of hydrogen-bond donors (Lipinski definition) is 0. The van der Waals surface area contributed by atoms with E-state index in [2.05, 4.69) is 17.1 Å². The predicted molar refractivity (Wildman–Crippen MR) is 126 cm³/mol. The average molecular weight is 448 g/mol. The van der Waals surface area contributed by atoms with Crippen molar-refractivity contribution in [1.29, 1.82) is 0 Å². The summed E-state index contributed by atoms with van der Waals surface area (Å²) in [5.74, 6) is 0.294. The van der Waals surface area contributed by atoms with Gasteiger partial charge in [0, 0.05) is 25.6 Å². The van der Waals surface area contributed by atoms with Crippen LogP contribution >= 0.6 is 0 Å². The molecular weight excluding hydrogens is 418 g/mol. The van der Waals surface area contributed by atoms with Crippen LogP contribution in [0.3, 0.4) is 0 Å². The normalized spacial score (nSPS) is 20.8. The van der Waals surface area contributed by atoms with Crippen molar-refractivity contribution < 1.29 is 14.3 Å². The molecule has 2 aliphatic rings. The highest BCUT2D eigenvalue weighted by Gasteiger charge is 2.32. The lowest BCUT2D eigenvalue weighted by atomic mass is 10.1. The van der Waals surface area contributed by atoms with E-state index in [1.807, 2.05) is 37.5 Å². The van der Waals surface area contributed by atoms with Gasteiger partial charge in [0.15, 0.2) is 0 Å². The monoisotopic (exact) mass is 447 g/mol. The van der Waals surface area contributed by atoms with Crippen molar-refractivity contribution >= 4 is 16.9 Å². The molecule has 1 aliphatic carbocycles. The number of rotatable bonds is 4. The summed E-state index contributed by atoms with van der Waals surface area (Å²) in [6.45, 7) is 7.39. The second kappa shape index (κ2) is 8.63. The molecule has 33 heavy (non-hydrogen) atoms. The van der Waals surface area contributed by atoms with Crippen LogP contribution < -0.4 is 10.2 Å². The molecule has 2 aromatic heterocycles. The van der Waals surface area contributed by atoms with E-state index in [1.165, 1.54) is 11.1 Å². The first-order valence-corrected chi connectivity index (χ1v) is 11.6. The van der Waals surface area contributed by atoms with Crippen molar-refractivity contribution in [1.82, 2.24) is 14.5 Å². The Morgan fingerprint density at radius 3 is 2.45 bits per heavy atom. The smallest absolute Gasteiger partial charge is 0.259 e. The maximum absolute atomic E-state index is 13.5. The number of ether oxygens (including phenoxy) is 2. The molecule has 0 spiro atoms. The van der Waals surface area contributed by atoms with Crippen molar-refractivity contribution in [2.45, 2.75) is 58.3 Å². The average Bonchev–Trinajstić information content (AvgIpc) is 3.21. The zero-order chi connectivity index (χ0) is 23.1. The molecule has 0 radical (unpaired) electrons. The van der Waals surface area contributed by atoms with Crippen LogP contribution in [0.15, 0.2) is 47.5 Å². The Kier molecular flexibility index (Phi) is 5.66. The van der Waals surface area contributed by atoms with Crippen molar-refractivity contribution in [3.05, 3.63) is 69.6 Å². The molecule has 7 heteroatoms. The van der Waals surface area contributed by atoms with E-state index in [0.29, 0.717) is 36.5 Å². The van der Waals surface area contributed by atoms with Gasteiger partial charge in [-0.25, -0.2) is 4.98 Å². The van der Waals surface area contributed by atoms with Gasteiger partial charge in [0.1, 0.15) is 23.1 Å². The quantitative estimate of drug-likeness (QED) is 0.614. The van der Waals surface area contributed by atoms with Gasteiger partial charge in [-0.1, -0.05) is 24.3 Å². The van der Waals surface area contributed by atoms with Crippen molar-refractivity contribution in [3.8, 4) is 5.75 Å². The third kappa shape index (κ3) is 3.91. The van der Waals surface area contributed by atoms with Crippen LogP contribution in [0.1, 0.15) is 42.3 Å². The van der Waals surface area contributed by atoms with E-state index < -0.39 is 0 Å². The zero-order valence-corrected chi connectivity index (χ0v) is 19.3. The fourth-order valence-electron chi connectivity index (χ4n) is 5.05. The van der Waals surface area contributed by atoms with Crippen LogP contribution in [0, 0.1) is 0 Å². The molecule has 0 N–H and O–H groups in total. The Labute approximate surface area is 192 Å². The Morgan fingerprint density at radius 2 is 1.82 bits per heavy atom. The highest BCUT2D eigenvalue weighted by Crippen LogP contribution is 2.27. The lowest BCUT2D eigenvalue weighted by molar-refractivity contribution is -0.0250. The maximum atomic E-state index is 13.5. The number of aryl methyl sites for hydroxylation is 1. The summed E-state index contributed by atoms with van der Waals surface area (Å²) in [4.78, 5) is 33.2. The fourth-order valence-corrected chi connectivity index (χ4v) is 5.05. The van der Waals surface area contributed by atoms with E-state index in [4.69, 9.17) is 9.47 Å². The maximum Gasteiger partial charge on any atom is 0.259 e. The number of carbonyl (C=O) groups excluding carboxylic acids is 1. The van der Waals surface area contributed by atoms with Crippen molar-refractivity contribution in [2.75, 3.05) is 13.2 Å². The number of hydrogen-bond acceptors (Lipinski definition) is 5. The fraction of sp³-hybridized carbons (Fsp3) is 0.423. The van der Waals surface area contributed by atoms with Crippen LogP contribution in [0.5, 0.6) is 5.75 Å². The van der Waals surface area contributed by atoms with E-state index in [9.17, 15) is 9.59 Å². The van der Waals surface area contributed by atoms with Gasteiger partial charge in [0.25, 0.3) is 5.91 Å². The first-order chi connectivity index (χ1) is 16.0. The summed E-state index contributed by atoms with van der Waals surface area (Å²) >= 11 is 0. The van der Waals surface area contributed by atoms with Gasteiger partial charge in [-0.2, -0.15) is 0 Å². The van der Waals surface area contributed by atoms with Gasteiger partial charge in [-0.05, 0) is 38.0 Å². The van der Waals surface area contributed by atoms with Gasteiger partial charge in [-0.3, -0.25) is 9.59 Å². The number of fused-ring (bicyclic) bond motifs is 2. The predicted octanol–water partition coefficient (Wildman–Crippen LogP) is 3.21. The highest BCUT2D eigenvalue weighted by molar-refractivity contribution is 5.97. The summed E-state index contributed by atoms with van der Waals surface area (Å²) in [5.41, 5.74) is 3.01. The van der Waals surface area contributed by atoms with E-state index in [1.54, 1.807) is 23.4 Å². The number of amides is 1. The summed E-state index contributed by atoms with van der Waals surface area (Å²) < 4.78 is 13.6.